The fourth-order valence-electron chi connectivity index (χ4n) is 3.21. The molecule has 3 nitrogen and oxygen atoms in total. The molecule has 0 spiro atoms. The summed E-state index contributed by atoms with van der Waals surface area (Å²) in [6, 6.07) is 24.5. The average molecular weight is 382 g/mol. The van der Waals surface area contributed by atoms with Crippen LogP contribution in [0.15, 0.2) is 82.2 Å². The number of aryl methyl sites for hydroxylation is 2. The van der Waals surface area contributed by atoms with Crippen LogP contribution in [0.1, 0.15) is 11.1 Å². The third-order valence-corrected chi connectivity index (χ3v) is 5.97. The number of para-hydroxylation sites is 2. The molecule has 5 rings (SSSR count). The molecule has 28 heavy (non-hydrogen) atoms. The Kier molecular flexibility index (Phi) is 4.06. The Morgan fingerprint density at radius 3 is 2.54 bits per heavy atom. The summed E-state index contributed by atoms with van der Waals surface area (Å²) in [7, 11) is 0. The summed E-state index contributed by atoms with van der Waals surface area (Å²) in [6.07, 6.45) is 0. The van der Waals surface area contributed by atoms with Crippen molar-refractivity contribution in [3.8, 4) is 10.6 Å². The lowest BCUT2D eigenvalue weighted by atomic mass is 10.1. The maximum atomic E-state index is 6.22. The van der Waals surface area contributed by atoms with E-state index in [0.717, 1.165) is 37.4 Å². The number of hydrogen-bond acceptors (Lipinski definition) is 4. The van der Waals surface area contributed by atoms with Crippen LogP contribution in [-0.4, -0.2) is 4.98 Å². The second-order valence-corrected chi connectivity index (χ2v) is 7.90. The second-order valence-electron chi connectivity index (χ2n) is 6.87. The molecule has 0 unspecified atom stereocenters. The number of hydrogen-bond donors (Lipinski definition) is 0. The number of aromatic nitrogens is 1. The third kappa shape index (κ3) is 3.02. The Morgan fingerprint density at radius 2 is 1.68 bits per heavy atom. The van der Waals surface area contributed by atoms with Gasteiger partial charge in [-0.1, -0.05) is 36.4 Å². The number of fused-ring (bicyclic) bond motifs is 2. The number of rotatable bonds is 2. The van der Waals surface area contributed by atoms with Crippen LogP contribution in [0, 0.1) is 13.8 Å². The van der Waals surface area contributed by atoms with Gasteiger partial charge in [-0.25, -0.2) is 9.98 Å². The summed E-state index contributed by atoms with van der Waals surface area (Å²) in [4.78, 5) is 9.66. The lowest BCUT2D eigenvalue weighted by molar-refractivity contribution is 0.547. The van der Waals surface area contributed by atoms with Crippen LogP contribution in [0.4, 0.5) is 5.69 Å². The van der Waals surface area contributed by atoms with E-state index in [-0.39, 0.29) is 0 Å². The first-order chi connectivity index (χ1) is 13.7. The second kappa shape index (κ2) is 6.73. The van der Waals surface area contributed by atoms with E-state index >= 15 is 0 Å². The van der Waals surface area contributed by atoms with Crippen LogP contribution in [-0.2, 0) is 0 Å². The number of nitrogens with zero attached hydrogens (tertiary/aromatic N) is 2. The van der Waals surface area contributed by atoms with Crippen molar-refractivity contribution in [2.24, 2.45) is 4.99 Å². The summed E-state index contributed by atoms with van der Waals surface area (Å²) < 4.78 is 7.37. The Hall–Kier alpha value is -3.24. The molecule has 0 fully saturated rings. The van der Waals surface area contributed by atoms with E-state index in [9.17, 15) is 0 Å². The molecule has 0 saturated carbocycles. The first-order valence-corrected chi connectivity index (χ1v) is 10.00. The topological polar surface area (TPSA) is 38.4 Å². The molecule has 0 atom stereocenters. The van der Waals surface area contributed by atoms with Crippen LogP contribution >= 0.6 is 11.3 Å². The Labute approximate surface area is 166 Å². The molecule has 0 radical (unpaired) electrons. The Balaban J connectivity index is 1.80. The van der Waals surface area contributed by atoms with Crippen LogP contribution in [0.5, 0.6) is 0 Å². The van der Waals surface area contributed by atoms with Crippen LogP contribution in [0.25, 0.3) is 31.8 Å². The molecule has 0 bridgehead atoms. The average Bonchev–Trinajstić information content (AvgIpc) is 3.14. The molecule has 136 valence electrons. The van der Waals surface area contributed by atoms with E-state index in [1.54, 1.807) is 11.3 Å². The van der Waals surface area contributed by atoms with Crippen LogP contribution in [0.2, 0.25) is 0 Å². The van der Waals surface area contributed by atoms with Gasteiger partial charge in [0, 0.05) is 5.39 Å². The van der Waals surface area contributed by atoms with E-state index in [2.05, 4.69) is 44.2 Å². The molecule has 5 aromatic rings. The fraction of sp³-hybridized carbons (Fsp3) is 0.0833. The van der Waals surface area contributed by atoms with Crippen molar-refractivity contribution in [1.29, 1.82) is 0 Å². The molecular formula is C24H18N2OS. The first kappa shape index (κ1) is 16.9. The van der Waals surface area contributed by atoms with Gasteiger partial charge in [0.25, 0.3) is 0 Å². The predicted molar refractivity (Wildman–Crippen MR) is 116 cm³/mol. The summed E-state index contributed by atoms with van der Waals surface area (Å²) in [5.74, 6) is 0. The monoisotopic (exact) mass is 382 g/mol. The quantitative estimate of drug-likeness (QED) is 0.347. The molecule has 2 aromatic heterocycles. The smallest absolute Gasteiger partial charge is 0.230 e. The van der Waals surface area contributed by atoms with E-state index in [4.69, 9.17) is 14.4 Å². The minimum Gasteiger partial charge on any atom is -0.438 e. The Bertz CT molecular complexity index is 1360. The summed E-state index contributed by atoms with van der Waals surface area (Å²) in [6.45, 7) is 4.20. The van der Waals surface area contributed by atoms with Crippen molar-refractivity contribution in [1.82, 2.24) is 4.98 Å². The van der Waals surface area contributed by atoms with Crippen LogP contribution < -0.4 is 5.55 Å². The van der Waals surface area contributed by atoms with Crippen molar-refractivity contribution in [3.05, 3.63) is 89.5 Å². The van der Waals surface area contributed by atoms with Gasteiger partial charge in [0.05, 0.1) is 21.5 Å². The lowest BCUT2D eigenvalue weighted by Gasteiger charge is -2.04. The molecule has 3 aromatic carbocycles. The fourth-order valence-corrected chi connectivity index (χ4v) is 4.18. The molecule has 0 saturated heterocycles. The normalized spacial score (nSPS) is 12.1. The van der Waals surface area contributed by atoms with Crippen molar-refractivity contribution < 1.29 is 4.42 Å². The van der Waals surface area contributed by atoms with Gasteiger partial charge in [0.1, 0.15) is 10.6 Å². The molecule has 2 heterocycles. The summed E-state index contributed by atoms with van der Waals surface area (Å²) in [5, 5.41) is 1.95. The zero-order valence-electron chi connectivity index (χ0n) is 15.6. The van der Waals surface area contributed by atoms with Gasteiger partial charge in [-0.3, -0.25) is 0 Å². The minimum absolute atomic E-state index is 0.584. The standard InChI is InChI=1S/C24H18N2OS/c1-15-11-12-18(13-16(15)2)25-23-19(14-17-7-3-5-9-21(17)27-23)24-26-20-8-4-6-10-22(20)28-24/h3-14H,1-2H3. The number of thiazole rings is 1. The zero-order chi connectivity index (χ0) is 19.1. The first-order valence-electron chi connectivity index (χ1n) is 9.18. The highest BCUT2D eigenvalue weighted by atomic mass is 32.1. The highest BCUT2D eigenvalue weighted by Crippen LogP contribution is 2.30. The van der Waals surface area contributed by atoms with Gasteiger partial charge in [0.2, 0.25) is 5.55 Å². The SMILES string of the molecule is Cc1ccc(N=c2oc3ccccc3cc2-c2nc3ccccc3s2)cc1C. The minimum atomic E-state index is 0.584. The van der Waals surface area contributed by atoms with Gasteiger partial charge in [-0.2, -0.15) is 0 Å². The van der Waals surface area contributed by atoms with Gasteiger partial charge < -0.3 is 4.42 Å². The zero-order valence-corrected chi connectivity index (χ0v) is 16.5. The van der Waals surface area contributed by atoms with Gasteiger partial charge >= 0.3 is 0 Å². The molecule has 0 amide bonds. The van der Waals surface area contributed by atoms with Crippen molar-refractivity contribution in [3.63, 3.8) is 0 Å². The van der Waals surface area contributed by atoms with E-state index < -0.39 is 0 Å². The van der Waals surface area contributed by atoms with E-state index in [0.29, 0.717) is 5.55 Å². The molecule has 0 aliphatic heterocycles. The largest absolute Gasteiger partial charge is 0.438 e. The Morgan fingerprint density at radius 1 is 0.857 bits per heavy atom. The molecule has 0 aliphatic carbocycles. The van der Waals surface area contributed by atoms with Gasteiger partial charge in [-0.15, -0.1) is 11.3 Å². The highest BCUT2D eigenvalue weighted by molar-refractivity contribution is 7.21. The summed E-state index contributed by atoms with van der Waals surface area (Å²) in [5.41, 5.74) is 6.65. The summed E-state index contributed by atoms with van der Waals surface area (Å²) >= 11 is 1.66. The van der Waals surface area contributed by atoms with E-state index in [1.165, 1.54) is 11.1 Å². The van der Waals surface area contributed by atoms with E-state index in [1.807, 2.05) is 42.5 Å². The van der Waals surface area contributed by atoms with Crippen molar-refractivity contribution in [2.45, 2.75) is 13.8 Å². The molecule has 4 heteroatoms. The maximum Gasteiger partial charge on any atom is 0.230 e. The van der Waals surface area contributed by atoms with Crippen LogP contribution in [0.3, 0.4) is 0 Å². The molecular weight excluding hydrogens is 364 g/mol. The molecule has 0 aliphatic rings. The molecule has 0 N–H and O–H groups in total. The van der Waals surface area contributed by atoms with Gasteiger partial charge in [-0.05, 0) is 61.4 Å². The predicted octanol–water partition coefficient (Wildman–Crippen LogP) is 6.56. The maximum absolute atomic E-state index is 6.22. The lowest BCUT2D eigenvalue weighted by Crippen LogP contribution is -2.05. The van der Waals surface area contributed by atoms with Crippen molar-refractivity contribution >= 4 is 38.2 Å². The third-order valence-electron chi connectivity index (χ3n) is 4.90. The van der Waals surface area contributed by atoms with Crippen molar-refractivity contribution in [2.75, 3.05) is 0 Å². The number of benzene rings is 3. The van der Waals surface area contributed by atoms with Gasteiger partial charge in [0.15, 0.2) is 0 Å². The highest BCUT2D eigenvalue weighted by Gasteiger charge is 2.12.